The van der Waals surface area contributed by atoms with Crippen LogP contribution in [0.3, 0.4) is 0 Å². The summed E-state index contributed by atoms with van der Waals surface area (Å²) in [6.07, 6.45) is 3.12. The fraction of sp³-hybridized carbons (Fsp3) is 0.846. The van der Waals surface area contributed by atoms with E-state index in [0.717, 1.165) is 31.6 Å². The Bertz CT molecular complexity index is 337. The molecule has 0 fully saturated rings. The van der Waals surface area contributed by atoms with Crippen molar-refractivity contribution in [3.05, 3.63) is 12.2 Å². The van der Waals surface area contributed by atoms with Gasteiger partial charge in [0, 0.05) is 13.0 Å². The van der Waals surface area contributed by atoms with Crippen molar-refractivity contribution in [1.29, 1.82) is 0 Å². The average molecular weight is 255 g/mol. The second-order valence-corrected chi connectivity index (χ2v) is 4.74. The maximum Gasteiger partial charge on any atom is 0.138 e. The third-order valence-corrected chi connectivity index (χ3v) is 3.45. The predicted molar refractivity (Wildman–Crippen MR) is 70.1 cm³/mol. The van der Waals surface area contributed by atoms with Crippen molar-refractivity contribution in [3.63, 3.8) is 0 Å². The largest absolute Gasteiger partial charge is 0.390 e. The fourth-order valence-corrected chi connectivity index (χ4v) is 2.24. The van der Waals surface area contributed by atoms with Gasteiger partial charge in [-0.05, 0) is 12.3 Å². The first kappa shape index (κ1) is 15.1. The number of aryl methyl sites for hydroxylation is 1. The Morgan fingerprint density at radius 3 is 2.44 bits per heavy atom. The zero-order valence-electron chi connectivity index (χ0n) is 11.6. The number of hydrogen-bond donors (Lipinski definition) is 2. The van der Waals surface area contributed by atoms with Crippen LogP contribution in [-0.4, -0.2) is 37.2 Å². The van der Waals surface area contributed by atoms with Crippen molar-refractivity contribution in [2.24, 2.45) is 5.92 Å². The summed E-state index contributed by atoms with van der Waals surface area (Å²) in [4.78, 5) is 4.15. The minimum Gasteiger partial charge on any atom is -0.390 e. The van der Waals surface area contributed by atoms with E-state index < -0.39 is 12.2 Å². The molecule has 1 rings (SSSR count). The van der Waals surface area contributed by atoms with Gasteiger partial charge >= 0.3 is 0 Å². The summed E-state index contributed by atoms with van der Waals surface area (Å²) >= 11 is 0. The van der Waals surface area contributed by atoms with Crippen LogP contribution in [0.15, 0.2) is 6.33 Å². The zero-order valence-corrected chi connectivity index (χ0v) is 11.6. The molecule has 2 atom stereocenters. The van der Waals surface area contributed by atoms with Gasteiger partial charge in [-0.3, -0.25) is 4.68 Å². The number of aliphatic hydroxyl groups is 2. The molecule has 0 radical (unpaired) electrons. The molecule has 0 saturated heterocycles. The Morgan fingerprint density at radius 2 is 1.89 bits per heavy atom. The SMILES string of the molecule is CCCn1ncnc1CC(O)C(O)C(CC)CC. The number of aromatic nitrogens is 3. The second-order valence-electron chi connectivity index (χ2n) is 4.74. The van der Waals surface area contributed by atoms with E-state index in [1.54, 1.807) is 4.68 Å². The zero-order chi connectivity index (χ0) is 13.5. The van der Waals surface area contributed by atoms with Crippen LogP contribution >= 0.6 is 0 Å². The molecule has 5 heteroatoms. The quantitative estimate of drug-likeness (QED) is 0.736. The Labute approximate surface area is 109 Å². The van der Waals surface area contributed by atoms with Crippen LogP contribution in [0.25, 0.3) is 0 Å². The lowest BCUT2D eigenvalue weighted by atomic mass is 9.91. The van der Waals surface area contributed by atoms with E-state index in [4.69, 9.17) is 0 Å². The van der Waals surface area contributed by atoms with Crippen molar-refractivity contribution >= 4 is 0 Å². The molecule has 2 unspecified atom stereocenters. The highest BCUT2D eigenvalue weighted by molar-refractivity contribution is 4.90. The lowest BCUT2D eigenvalue weighted by molar-refractivity contribution is -0.0201. The van der Waals surface area contributed by atoms with Crippen molar-refractivity contribution in [3.8, 4) is 0 Å². The summed E-state index contributed by atoms with van der Waals surface area (Å²) in [5, 5.41) is 24.3. The van der Waals surface area contributed by atoms with Crippen LogP contribution < -0.4 is 0 Å². The first-order valence-corrected chi connectivity index (χ1v) is 6.86. The summed E-state index contributed by atoms with van der Waals surface area (Å²) < 4.78 is 1.79. The molecule has 0 aliphatic heterocycles. The molecule has 0 aliphatic carbocycles. The molecular weight excluding hydrogens is 230 g/mol. The molecule has 18 heavy (non-hydrogen) atoms. The van der Waals surface area contributed by atoms with E-state index >= 15 is 0 Å². The van der Waals surface area contributed by atoms with Crippen molar-refractivity contribution in [2.75, 3.05) is 0 Å². The molecule has 2 N–H and O–H groups in total. The van der Waals surface area contributed by atoms with Crippen LogP contribution in [-0.2, 0) is 13.0 Å². The second kappa shape index (κ2) is 7.48. The van der Waals surface area contributed by atoms with Crippen molar-refractivity contribution < 1.29 is 10.2 Å². The number of nitrogens with zero attached hydrogens (tertiary/aromatic N) is 3. The van der Waals surface area contributed by atoms with E-state index in [1.807, 2.05) is 13.8 Å². The van der Waals surface area contributed by atoms with E-state index in [2.05, 4.69) is 17.0 Å². The van der Waals surface area contributed by atoms with Gasteiger partial charge in [0.15, 0.2) is 0 Å². The van der Waals surface area contributed by atoms with Gasteiger partial charge in [-0.25, -0.2) is 4.98 Å². The van der Waals surface area contributed by atoms with Gasteiger partial charge in [0.1, 0.15) is 12.2 Å². The third-order valence-electron chi connectivity index (χ3n) is 3.45. The normalized spacial score (nSPS) is 15.0. The van der Waals surface area contributed by atoms with Gasteiger partial charge in [-0.1, -0.05) is 33.6 Å². The van der Waals surface area contributed by atoms with E-state index in [0.29, 0.717) is 6.42 Å². The van der Waals surface area contributed by atoms with E-state index in [1.165, 1.54) is 6.33 Å². The first-order chi connectivity index (χ1) is 8.63. The van der Waals surface area contributed by atoms with Crippen molar-refractivity contribution in [2.45, 2.75) is 65.2 Å². The Morgan fingerprint density at radius 1 is 1.22 bits per heavy atom. The molecule has 0 aromatic carbocycles. The molecule has 5 nitrogen and oxygen atoms in total. The number of aliphatic hydroxyl groups excluding tert-OH is 2. The molecule has 0 amide bonds. The van der Waals surface area contributed by atoms with Crippen LogP contribution in [0.4, 0.5) is 0 Å². The molecule has 0 aliphatic rings. The standard InChI is InChI=1S/C13H25N3O2/c1-4-7-16-12(14-9-15-16)8-11(17)13(18)10(5-2)6-3/h9-11,13,17-18H,4-8H2,1-3H3. The Hall–Kier alpha value is -0.940. The molecule has 1 aromatic heterocycles. The smallest absolute Gasteiger partial charge is 0.138 e. The third kappa shape index (κ3) is 3.78. The fourth-order valence-electron chi connectivity index (χ4n) is 2.24. The van der Waals surface area contributed by atoms with Gasteiger partial charge in [-0.2, -0.15) is 5.10 Å². The van der Waals surface area contributed by atoms with Gasteiger partial charge in [0.2, 0.25) is 0 Å². The molecular formula is C13H25N3O2. The molecule has 1 aromatic rings. The lowest BCUT2D eigenvalue weighted by Crippen LogP contribution is -2.35. The minimum absolute atomic E-state index is 0.141. The van der Waals surface area contributed by atoms with E-state index in [-0.39, 0.29) is 5.92 Å². The molecule has 0 bridgehead atoms. The minimum atomic E-state index is -0.769. The van der Waals surface area contributed by atoms with Crippen LogP contribution in [0.1, 0.15) is 45.9 Å². The van der Waals surface area contributed by atoms with Gasteiger partial charge in [-0.15, -0.1) is 0 Å². The van der Waals surface area contributed by atoms with Gasteiger partial charge in [0.25, 0.3) is 0 Å². The number of hydrogen-bond acceptors (Lipinski definition) is 4. The monoisotopic (exact) mass is 255 g/mol. The predicted octanol–water partition coefficient (Wildman–Crippen LogP) is 1.39. The van der Waals surface area contributed by atoms with Crippen LogP contribution in [0.5, 0.6) is 0 Å². The highest BCUT2D eigenvalue weighted by atomic mass is 16.3. The Kier molecular flexibility index (Phi) is 6.29. The van der Waals surface area contributed by atoms with Crippen molar-refractivity contribution in [1.82, 2.24) is 14.8 Å². The lowest BCUT2D eigenvalue weighted by Gasteiger charge is -2.24. The maximum absolute atomic E-state index is 10.1. The first-order valence-electron chi connectivity index (χ1n) is 6.86. The highest BCUT2D eigenvalue weighted by Gasteiger charge is 2.25. The molecule has 104 valence electrons. The average Bonchev–Trinajstić information content (AvgIpc) is 2.78. The van der Waals surface area contributed by atoms with Crippen LogP contribution in [0, 0.1) is 5.92 Å². The summed E-state index contributed by atoms with van der Waals surface area (Å²) in [5.74, 6) is 0.886. The van der Waals surface area contributed by atoms with E-state index in [9.17, 15) is 10.2 Å². The maximum atomic E-state index is 10.1. The molecule has 0 spiro atoms. The summed E-state index contributed by atoms with van der Waals surface area (Å²) in [6, 6.07) is 0. The Balaban J connectivity index is 2.62. The summed E-state index contributed by atoms with van der Waals surface area (Å²) in [6.45, 7) is 6.93. The molecule has 0 saturated carbocycles. The van der Waals surface area contributed by atoms with Crippen LogP contribution in [0.2, 0.25) is 0 Å². The topological polar surface area (TPSA) is 71.2 Å². The van der Waals surface area contributed by atoms with Gasteiger partial charge in [0.05, 0.1) is 12.2 Å². The highest BCUT2D eigenvalue weighted by Crippen LogP contribution is 2.18. The van der Waals surface area contributed by atoms with Gasteiger partial charge < -0.3 is 10.2 Å². The summed E-state index contributed by atoms with van der Waals surface area (Å²) in [5.41, 5.74) is 0. The molecule has 1 heterocycles. The number of rotatable bonds is 8. The summed E-state index contributed by atoms with van der Waals surface area (Å²) in [7, 11) is 0.